The van der Waals surface area contributed by atoms with Crippen molar-refractivity contribution in [2.24, 2.45) is 11.5 Å². The molecular weight excluding hydrogens is 256 g/mol. The van der Waals surface area contributed by atoms with E-state index in [1.807, 2.05) is 0 Å². The van der Waals surface area contributed by atoms with Gasteiger partial charge in [-0.3, -0.25) is 9.69 Å². The number of aromatic nitrogens is 2. The molecule has 1 saturated heterocycles. The summed E-state index contributed by atoms with van der Waals surface area (Å²) in [7, 11) is 0. The number of nitrogens with zero attached hydrogens (tertiary/aromatic N) is 4. The molecule has 7 heteroatoms. The first-order chi connectivity index (χ1) is 9.65. The molecule has 110 valence electrons. The Bertz CT molecular complexity index is 437. The van der Waals surface area contributed by atoms with E-state index in [1.165, 1.54) is 0 Å². The summed E-state index contributed by atoms with van der Waals surface area (Å²) >= 11 is 0. The fourth-order valence-electron chi connectivity index (χ4n) is 2.52. The molecule has 2 heterocycles. The van der Waals surface area contributed by atoms with E-state index in [2.05, 4.69) is 26.9 Å². The van der Waals surface area contributed by atoms with Crippen LogP contribution in [0.25, 0.3) is 0 Å². The number of primary amides is 1. The van der Waals surface area contributed by atoms with Gasteiger partial charge in [0.2, 0.25) is 0 Å². The number of amides is 1. The smallest absolute Gasteiger partial charge is 0.269 e. The molecule has 1 fully saturated rings. The molecule has 0 bridgehead atoms. The van der Waals surface area contributed by atoms with E-state index in [1.54, 1.807) is 12.1 Å². The van der Waals surface area contributed by atoms with Crippen molar-refractivity contribution < 1.29 is 4.79 Å². The Hall–Kier alpha value is -1.73. The maximum Gasteiger partial charge on any atom is 0.269 e. The Kier molecular flexibility index (Phi) is 4.86. The summed E-state index contributed by atoms with van der Waals surface area (Å²) in [6.07, 6.45) is 1.07. The van der Waals surface area contributed by atoms with Crippen molar-refractivity contribution in [1.29, 1.82) is 0 Å². The summed E-state index contributed by atoms with van der Waals surface area (Å²) in [5.41, 5.74) is 11.1. The number of piperazine rings is 1. The fourth-order valence-corrected chi connectivity index (χ4v) is 2.52. The van der Waals surface area contributed by atoms with Gasteiger partial charge < -0.3 is 16.4 Å². The number of rotatable bonds is 5. The first-order valence-corrected chi connectivity index (χ1v) is 6.98. The minimum Gasteiger partial charge on any atom is -0.364 e. The molecule has 0 saturated carbocycles. The molecule has 1 aliphatic heterocycles. The topological polar surface area (TPSA) is 101 Å². The van der Waals surface area contributed by atoms with Gasteiger partial charge in [0.15, 0.2) is 11.5 Å². The largest absolute Gasteiger partial charge is 0.364 e. The maximum absolute atomic E-state index is 11.0. The zero-order valence-electron chi connectivity index (χ0n) is 11.8. The molecule has 1 aromatic rings. The van der Waals surface area contributed by atoms with Crippen LogP contribution in [0.4, 0.5) is 5.82 Å². The highest BCUT2D eigenvalue weighted by Gasteiger charge is 2.22. The number of hydrogen-bond acceptors (Lipinski definition) is 6. The molecule has 4 N–H and O–H groups in total. The molecule has 0 aliphatic carbocycles. The minimum absolute atomic E-state index is 0.196. The summed E-state index contributed by atoms with van der Waals surface area (Å²) in [5.74, 6) is 0.234. The molecule has 1 aromatic heterocycles. The van der Waals surface area contributed by atoms with Crippen molar-refractivity contribution in [2.75, 3.05) is 37.6 Å². The van der Waals surface area contributed by atoms with Crippen LogP contribution in [0, 0.1) is 0 Å². The Morgan fingerprint density at radius 3 is 2.45 bits per heavy atom. The summed E-state index contributed by atoms with van der Waals surface area (Å²) in [6, 6.07) is 3.87. The van der Waals surface area contributed by atoms with Crippen molar-refractivity contribution in [3.63, 3.8) is 0 Å². The zero-order valence-corrected chi connectivity index (χ0v) is 11.8. The number of anilines is 1. The van der Waals surface area contributed by atoms with Crippen molar-refractivity contribution in [3.8, 4) is 0 Å². The third-order valence-electron chi connectivity index (χ3n) is 3.80. The lowest BCUT2D eigenvalue weighted by molar-refractivity contribution is 0.0994. The standard InChI is InChI=1S/C13H22N6O/c1-2-10(9-14)18-5-7-19(8-6-18)12-4-3-11(13(15)20)16-17-12/h3-4,10H,2,5-9,14H2,1H3,(H2,15,20). The van der Waals surface area contributed by atoms with Crippen LogP contribution in [0.2, 0.25) is 0 Å². The van der Waals surface area contributed by atoms with Gasteiger partial charge in [0.05, 0.1) is 0 Å². The average molecular weight is 278 g/mol. The number of carbonyl (C=O) groups is 1. The SMILES string of the molecule is CCC(CN)N1CCN(c2ccc(C(N)=O)nn2)CC1. The number of hydrogen-bond donors (Lipinski definition) is 2. The van der Waals surface area contributed by atoms with Gasteiger partial charge in [0.1, 0.15) is 0 Å². The second-order valence-corrected chi connectivity index (χ2v) is 4.96. The molecular formula is C13H22N6O. The molecule has 2 rings (SSSR count). The quantitative estimate of drug-likeness (QED) is 0.748. The zero-order chi connectivity index (χ0) is 14.5. The van der Waals surface area contributed by atoms with E-state index in [0.717, 1.165) is 38.4 Å². The van der Waals surface area contributed by atoms with E-state index in [4.69, 9.17) is 11.5 Å². The molecule has 1 unspecified atom stereocenters. The van der Waals surface area contributed by atoms with Gasteiger partial charge in [0.25, 0.3) is 5.91 Å². The molecule has 0 aromatic carbocycles. The predicted octanol–water partition coefficient (Wildman–Crippen LogP) is -0.565. The summed E-state index contributed by atoms with van der Waals surface area (Å²) in [4.78, 5) is 15.5. The average Bonchev–Trinajstić information content (AvgIpc) is 2.49. The number of nitrogens with two attached hydrogens (primary N) is 2. The van der Waals surface area contributed by atoms with Crippen LogP contribution in [0.1, 0.15) is 23.8 Å². The Balaban J connectivity index is 1.95. The van der Waals surface area contributed by atoms with Gasteiger partial charge in [0, 0.05) is 38.8 Å². The van der Waals surface area contributed by atoms with Crippen LogP contribution in [0.15, 0.2) is 12.1 Å². The number of carbonyl (C=O) groups excluding carboxylic acids is 1. The highest BCUT2D eigenvalue weighted by Crippen LogP contribution is 2.14. The van der Waals surface area contributed by atoms with E-state index in [-0.39, 0.29) is 5.69 Å². The Morgan fingerprint density at radius 1 is 1.30 bits per heavy atom. The molecule has 1 atom stereocenters. The van der Waals surface area contributed by atoms with Crippen LogP contribution in [-0.2, 0) is 0 Å². The lowest BCUT2D eigenvalue weighted by Gasteiger charge is -2.39. The first-order valence-electron chi connectivity index (χ1n) is 6.98. The molecule has 1 amide bonds. The predicted molar refractivity (Wildman–Crippen MR) is 77.5 cm³/mol. The summed E-state index contributed by atoms with van der Waals surface area (Å²) < 4.78 is 0. The fraction of sp³-hybridized carbons (Fsp3) is 0.615. The third-order valence-corrected chi connectivity index (χ3v) is 3.80. The third kappa shape index (κ3) is 3.23. The second-order valence-electron chi connectivity index (χ2n) is 4.96. The van der Waals surface area contributed by atoms with Gasteiger partial charge in [-0.15, -0.1) is 10.2 Å². The molecule has 20 heavy (non-hydrogen) atoms. The van der Waals surface area contributed by atoms with E-state index in [0.29, 0.717) is 12.6 Å². The summed E-state index contributed by atoms with van der Waals surface area (Å²) in [5, 5.41) is 7.91. The Labute approximate surface area is 118 Å². The van der Waals surface area contributed by atoms with Crippen molar-refractivity contribution in [3.05, 3.63) is 17.8 Å². The minimum atomic E-state index is -0.553. The van der Waals surface area contributed by atoms with Crippen LogP contribution in [-0.4, -0.2) is 59.8 Å². The van der Waals surface area contributed by atoms with Gasteiger partial charge in [-0.2, -0.15) is 0 Å². The maximum atomic E-state index is 11.0. The second kappa shape index (κ2) is 6.62. The van der Waals surface area contributed by atoms with Gasteiger partial charge in [-0.1, -0.05) is 6.92 Å². The highest BCUT2D eigenvalue weighted by atomic mass is 16.1. The monoisotopic (exact) mass is 278 g/mol. The molecule has 1 aliphatic rings. The van der Waals surface area contributed by atoms with Gasteiger partial charge in [-0.25, -0.2) is 0 Å². The van der Waals surface area contributed by atoms with Crippen LogP contribution in [0.3, 0.4) is 0 Å². The van der Waals surface area contributed by atoms with E-state index in [9.17, 15) is 4.79 Å². The lowest BCUT2D eigenvalue weighted by atomic mass is 10.1. The normalized spacial score (nSPS) is 18.0. The van der Waals surface area contributed by atoms with Crippen LogP contribution in [0.5, 0.6) is 0 Å². The lowest BCUT2D eigenvalue weighted by Crippen LogP contribution is -2.52. The Morgan fingerprint density at radius 2 is 2.00 bits per heavy atom. The first kappa shape index (κ1) is 14.7. The molecule has 7 nitrogen and oxygen atoms in total. The van der Waals surface area contributed by atoms with Gasteiger partial charge in [-0.05, 0) is 18.6 Å². The van der Waals surface area contributed by atoms with E-state index >= 15 is 0 Å². The van der Waals surface area contributed by atoms with Gasteiger partial charge >= 0.3 is 0 Å². The highest BCUT2D eigenvalue weighted by molar-refractivity contribution is 5.90. The van der Waals surface area contributed by atoms with Crippen LogP contribution >= 0.6 is 0 Å². The van der Waals surface area contributed by atoms with Crippen LogP contribution < -0.4 is 16.4 Å². The van der Waals surface area contributed by atoms with Crippen molar-refractivity contribution in [2.45, 2.75) is 19.4 Å². The summed E-state index contributed by atoms with van der Waals surface area (Å²) in [6.45, 7) is 6.58. The molecule has 0 spiro atoms. The molecule has 0 radical (unpaired) electrons. The van der Waals surface area contributed by atoms with Crippen molar-refractivity contribution >= 4 is 11.7 Å². The van der Waals surface area contributed by atoms with E-state index < -0.39 is 5.91 Å². The van der Waals surface area contributed by atoms with Crippen molar-refractivity contribution in [1.82, 2.24) is 15.1 Å².